The van der Waals surface area contributed by atoms with Gasteiger partial charge in [-0.25, -0.2) is 4.39 Å². The van der Waals surface area contributed by atoms with E-state index in [1.54, 1.807) is 6.07 Å². The molecule has 1 aromatic rings. The smallest absolute Gasteiger partial charge is 0.133 e. The van der Waals surface area contributed by atoms with Crippen LogP contribution in [-0.2, 0) is 4.79 Å². The number of carbonyl (C=O) groups excluding carboxylic acids is 1. The number of Topliss-reactive ketones (excluding diaryl/α,β-unsaturated/α-hetero) is 1. The minimum Gasteiger partial charge on any atom is -0.300 e. The summed E-state index contributed by atoms with van der Waals surface area (Å²) in [6.45, 7) is 16.5. The first kappa shape index (κ1) is 26.5. The molecule has 0 aliphatic heterocycles. The van der Waals surface area contributed by atoms with Crippen LogP contribution in [0.2, 0.25) is 0 Å². The Morgan fingerprint density at radius 2 is 1.79 bits per heavy atom. The molecule has 0 amide bonds. The van der Waals surface area contributed by atoms with Crippen molar-refractivity contribution < 1.29 is 9.18 Å². The fourth-order valence-electron chi connectivity index (χ4n) is 2.66. The van der Waals surface area contributed by atoms with Crippen molar-refractivity contribution >= 4 is 17.2 Å². The van der Waals surface area contributed by atoms with E-state index in [1.165, 1.54) is 31.4 Å². The van der Waals surface area contributed by atoms with E-state index in [4.69, 9.17) is 0 Å². The largest absolute Gasteiger partial charge is 0.300 e. The molecule has 0 unspecified atom stereocenters. The van der Waals surface area contributed by atoms with Gasteiger partial charge in [0.2, 0.25) is 0 Å². The molecule has 28 heavy (non-hydrogen) atoms. The van der Waals surface area contributed by atoms with Crippen LogP contribution in [0.1, 0.15) is 99.0 Å². The molecule has 1 saturated carbocycles. The minimum absolute atomic E-state index is 0.174. The Bertz CT molecular complexity index is 609. The highest BCUT2D eigenvalue weighted by molar-refractivity contribution is 5.84. The zero-order valence-corrected chi connectivity index (χ0v) is 19.5. The van der Waals surface area contributed by atoms with Crippen LogP contribution in [0, 0.1) is 24.1 Å². The van der Waals surface area contributed by atoms with Crippen LogP contribution in [-0.4, -0.2) is 11.5 Å². The molecule has 1 aliphatic rings. The van der Waals surface area contributed by atoms with Crippen LogP contribution in [0.3, 0.4) is 0 Å². The average Bonchev–Trinajstić information content (AvgIpc) is 2.56. The second-order valence-electron chi connectivity index (χ2n) is 9.19. The summed E-state index contributed by atoms with van der Waals surface area (Å²) in [6, 6.07) is 4.70. The molecule has 0 heterocycles. The highest BCUT2D eigenvalue weighted by Crippen LogP contribution is 2.24. The summed E-state index contributed by atoms with van der Waals surface area (Å²) in [6.07, 6.45) is 7.89. The zero-order chi connectivity index (χ0) is 21.7. The predicted molar refractivity (Wildman–Crippen MR) is 121 cm³/mol. The number of nitrogens with zero attached hydrogens (tertiary/aromatic N) is 1. The quantitative estimate of drug-likeness (QED) is 0.465. The van der Waals surface area contributed by atoms with E-state index in [-0.39, 0.29) is 11.2 Å². The Morgan fingerprint density at radius 3 is 2.14 bits per heavy atom. The fraction of sp³-hybridized carbons (Fsp3) is 0.680. The number of rotatable bonds is 5. The van der Waals surface area contributed by atoms with Gasteiger partial charge in [-0.05, 0) is 49.3 Å². The normalized spacial score (nSPS) is 14.2. The van der Waals surface area contributed by atoms with Gasteiger partial charge in [-0.2, -0.15) is 0 Å². The van der Waals surface area contributed by atoms with Gasteiger partial charge < -0.3 is 0 Å². The monoisotopic (exact) mass is 391 g/mol. The summed E-state index contributed by atoms with van der Waals surface area (Å²) >= 11 is 0. The molecule has 2 nitrogen and oxygen atoms in total. The Morgan fingerprint density at radius 1 is 1.21 bits per heavy atom. The van der Waals surface area contributed by atoms with Crippen molar-refractivity contribution in [3.8, 4) is 0 Å². The first-order valence-electron chi connectivity index (χ1n) is 10.8. The van der Waals surface area contributed by atoms with Crippen molar-refractivity contribution in [3.63, 3.8) is 0 Å². The van der Waals surface area contributed by atoms with Gasteiger partial charge in [-0.1, -0.05) is 73.3 Å². The van der Waals surface area contributed by atoms with Gasteiger partial charge in [0.25, 0.3) is 0 Å². The second-order valence-corrected chi connectivity index (χ2v) is 9.19. The lowest BCUT2D eigenvalue weighted by molar-refractivity contribution is -0.120. The molecule has 0 radical (unpaired) electrons. The molecule has 0 N–H and O–H groups in total. The van der Waals surface area contributed by atoms with Gasteiger partial charge in [-0.15, -0.1) is 0 Å². The van der Waals surface area contributed by atoms with E-state index >= 15 is 0 Å². The van der Waals surface area contributed by atoms with Gasteiger partial charge in [0.1, 0.15) is 11.6 Å². The first-order chi connectivity index (χ1) is 13.0. The molecule has 0 atom stereocenters. The molecule has 1 fully saturated rings. The summed E-state index contributed by atoms with van der Waals surface area (Å²) in [5.41, 5.74) is 2.99. The lowest BCUT2D eigenvalue weighted by Gasteiger charge is -2.18. The van der Waals surface area contributed by atoms with Gasteiger partial charge in [0, 0.05) is 18.6 Å². The predicted octanol–water partition coefficient (Wildman–Crippen LogP) is 8.23. The molecular weight excluding hydrogens is 349 g/mol. The van der Waals surface area contributed by atoms with E-state index in [9.17, 15) is 9.18 Å². The fourth-order valence-corrected chi connectivity index (χ4v) is 2.66. The average molecular weight is 392 g/mol. The maximum absolute atomic E-state index is 12.9. The van der Waals surface area contributed by atoms with Gasteiger partial charge in [0.05, 0.1) is 5.69 Å². The Hall–Kier alpha value is -1.51. The third-order valence-corrected chi connectivity index (χ3v) is 4.61. The van der Waals surface area contributed by atoms with Gasteiger partial charge in [-0.3, -0.25) is 9.79 Å². The van der Waals surface area contributed by atoms with Crippen molar-refractivity contribution in [3.05, 3.63) is 29.6 Å². The number of aryl methyl sites for hydroxylation is 1. The van der Waals surface area contributed by atoms with Crippen molar-refractivity contribution in [2.24, 2.45) is 16.3 Å². The third kappa shape index (κ3) is 13.6. The van der Waals surface area contributed by atoms with Gasteiger partial charge >= 0.3 is 0 Å². The second kappa shape index (κ2) is 13.6. The lowest BCUT2D eigenvalue weighted by atomic mass is 9.88. The molecule has 1 aliphatic carbocycles. The first-order valence-corrected chi connectivity index (χ1v) is 10.8. The molecule has 0 saturated heterocycles. The Labute approximate surface area is 173 Å². The summed E-state index contributed by atoms with van der Waals surface area (Å²) in [5.74, 6) is 1.20. The molecule has 2 rings (SSSR count). The number of ketones is 1. The van der Waals surface area contributed by atoms with E-state index in [1.807, 2.05) is 20.8 Å². The summed E-state index contributed by atoms with van der Waals surface area (Å²) in [7, 11) is 0. The molecule has 0 aromatic heterocycles. The molecule has 1 aromatic carbocycles. The Kier molecular flexibility index (Phi) is 12.9. The van der Waals surface area contributed by atoms with E-state index in [0.717, 1.165) is 35.7 Å². The third-order valence-electron chi connectivity index (χ3n) is 4.61. The standard InChI is InChI=1S/C12H16FN.C8H16O.C5H10/c1-4-5-10(3)14-12-8-11(13)7-6-9(12)2;1-5-7(9)6-8(2,3)4;1-5-3-2-4-5/h6-8H,4-5H2,1-3H3;5-6H2,1-4H3;5H,2-4H2,1H3. The molecule has 0 bridgehead atoms. The number of carbonyl (C=O) groups is 1. The highest BCUT2D eigenvalue weighted by Gasteiger charge is 2.13. The van der Waals surface area contributed by atoms with Crippen LogP contribution in [0.5, 0.6) is 0 Å². The van der Waals surface area contributed by atoms with Crippen molar-refractivity contribution in [1.82, 2.24) is 0 Å². The molecule has 160 valence electrons. The van der Waals surface area contributed by atoms with E-state index in [0.29, 0.717) is 18.6 Å². The van der Waals surface area contributed by atoms with E-state index < -0.39 is 0 Å². The highest BCUT2D eigenvalue weighted by atomic mass is 19.1. The summed E-state index contributed by atoms with van der Waals surface area (Å²) in [4.78, 5) is 15.2. The molecule has 3 heteroatoms. The Balaban J connectivity index is 0.000000442. The van der Waals surface area contributed by atoms with Crippen LogP contribution in [0.15, 0.2) is 23.2 Å². The molecule has 0 spiro atoms. The number of hydrogen-bond acceptors (Lipinski definition) is 2. The van der Waals surface area contributed by atoms with Crippen LogP contribution in [0.25, 0.3) is 0 Å². The van der Waals surface area contributed by atoms with Crippen LogP contribution in [0.4, 0.5) is 10.1 Å². The van der Waals surface area contributed by atoms with Crippen molar-refractivity contribution in [2.75, 3.05) is 0 Å². The topological polar surface area (TPSA) is 29.4 Å². The number of aliphatic imine (C=N–C) groups is 1. The summed E-state index contributed by atoms with van der Waals surface area (Å²) in [5, 5.41) is 0. The van der Waals surface area contributed by atoms with Gasteiger partial charge in [0.15, 0.2) is 0 Å². The maximum Gasteiger partial charge on any atom is 0.133 e. The lowest BCUT2D eigenvalue weighted by Crippen LogP contribution is -2.11. The molecular formula is C25H42FNO. The number of hydrogen-bond donors (Lipinski definition) is 0. The number of benzene rings is 1. The summed E-state index contributed by atoms with van der Waals surface area (Å²) < 4.78 is 12.9. The zero-order valence-electron chi connectivity index (χ0n) is 19.5. The van der Waals surface area contributed by atoms with Crippen molar-refractivity contribution in [2.45, 2.75) is 100 Å². The van der Waals surface area contributed by atoms with Crippen LogP contribution < -0.4 is 0 Å². The SMILES string of the molecule is CC1CCC1.CCC(=O)CC(C)(C)C.CCCC(C)=Nc1cc(F)ccc1C. The maximum atomic E-state index is 12.9. The minimum atomic E-state index is -0.223. The van der Waals surface area contributed by atoms with E-state index in [2.05, 4.69) is 39.6 Å². The number of halogens is 1. The van der Waals surface area contributed by atoms with Crippen molar-refractivity contribution in [1.29, 1.82) is 0 Å². The van der Waals surface area contributed by atoms with Crippen LogP contribution >= 0.6 is 0 Å².